The Labute approximate surface area is 83.1 Å². The highest BCUT2D eigenvalue weighted by Gasteiger charge is 2.19. The van der Waals surface area contributed by atoms with E-state index >= 15 is 0 Å². The van der Waals surface area contributed by atoms with Gasteiger partial charge < -0.3 is 10.1 Å². The third-order valence-electron chi connectivity index (χ3n) is 2.64. The van der Waals surface area contributed by atoms with Crippen LogP contribution in [0.3, 0.4) is 0 Å². The highest BCUT2D eigenvalue weighted by Crippen LogP contribution is 2.28. The standard InChI is InChI=1S/C11H14FNO/c1-14-8-4-5-10(12)9(7-8)11-3-2-6-13-11/h4-5,7,11,13H,2-3,6H2,1H3/t11-/m1/s1. The van der Waals surface area contributed by atoms with Crippen molar-refractivity contribution in [1.29, 1.82) is 0 Å². The van der Waals surface area contributed by atoms with Crippen LogP contribution in [0.15, 0.2) is 18.2 Å². The summed E-state index contributed by atoms with van der Waals surface area (Å²) in [5, 5.41) is 3.27. The molecule has 0 saturated carbocycles. The van der Waals surface area contributed by atoms with Crippen molar-refractivity contribution in [2.75, 3.05) is 13.7 Å². The summed E-state index contributed by atoms with van der Waals surface area (Å²) in [6.45, 7) is 0.974. The van der Waals surface area contributed by atoms with E-state index in [9.17, 15) is 4.39 Å². The molecule has 2 nitrogen and oxygen atoms in total. The maximum absolute atomic E-state index is 13.5. The predicted octanol–water partition coefficient (Wildman–Crippen LogP) is 2.26. The molecule has 0 aromatic heterocycles. The predicted molar refractivity (Wildman–Crippen MR) is 52.9 cm³/mol. The van der Waals surface area contributed by atoms with Gasteiger partial charge in [-0.3, -0.25) is 0 Å². The molecule has 1 heterocycles. The maximum Gasteiger partial charge on any atom is 0.128 e. The molecule has 0 bridgehead atoms. The van der Waals surface area contributed by atoms with Crippen LogP contribution >= 0.6 is 0 Å². The number of benzene rings is 1. The van der Waals surface area contributed by atoms with Crippen LogP contribution in [-0.2, 0) is 0 Å². The van der Waals surface area contributed by atoms with E-state index in [-0.39, 0.29) is 11.9 Å². The Hall–Kier alpha value is -1.09. The van der Waals surface area contributed by atoms with Gasteiger partial charge in [-0.15, -0.1) is 0 Å². The summed E-state index contributed by atoms with van der Waals surface area (Å²) in [6, 6.07) is 5.05. The molecule has 1 saturated heterocycles. The Bertz CT molecular complexity index is 321. The lowest BCUT2D eigenvalue weighted by Crippen LogP contribution is -2.14. The zero-order valence-electron chi connectivity index (χ0n) is 8.22. The van der Waals surface area contributed by atoms with Gasteiger partial charge in [0.1, 0.15) is 11.6 Å². The molecular formula is C11H14FNO. The number of methoxy groups -OCH3 is 1. The highest BCUT2D eigenvalue weighted by atomic mass is 19.1. The average molecular weight is 195 g/mol. The molecule has 1 aliphatic heterocycles. The molecule has 1 aromatic carbocycles. The summed E-state index contributed by atoms with van der Waals surface area (Å²) in [7, 11) is 1.60. The summed E-state index contributed by atoms with van der Waals surface area (Å²) in [6.07, 6.45) is 2.12. The molecule has 1 N–H and O–H groups in total. The molecule has 0 radical (unpaired) electrons. The van der Waals surface area contributed by atoms with E-state index in [0.717, 1.165) is 30.7 Å². The zero-order chi connectivity index (χ0) is 9.97. The fraction of sp³-hybridized carbons (Fsp3) is 0.455. The smallest absolute Gasteiger partial charge is 0.128 e. The molecule has 1 aromatic rings. The van der Waals surface area contributed by atoms with Gasteiger partial charge in [0.15, 0.2) is 0 Å². The second-order valence-corrected chi connectivity index (χ2v) is 3.54. The number of rotatable bonds is 2. The van der Waals surface area contributed by atoms with Crippen molar-refractivity contribution in [1.82, 2.24) is 5.32 Å². The van der Waals surface area contributed by atoms with Gasteiger partial charge in [-0.05, 0) is 37.6 Å². The topological polar surface area (TPSA) is 21.3 Å². The molecule has 76 valence electrons. The van der Waals surface area contributed by atoms with Crippen LogP contribution in [0.25, 0.3) is 0 Å². The first-order valence-electron chi connectivity index (χ1n) is 4.88. The van der Waals surface area contributed by atoms with Gasteiger partial charge in [-0.2, -0.15) is 0 Å². The quantitative estimate of drug-likeness (QED) is 0.781. The minimum atomic E-state index is -0.148. The van der Waals surface area contributed by atoms with Crippen molar-refractivity contribution in [2.45, 2.75) is 18.9 Å². The van der Waals surface area contributed by atoms with Gasteiger partial charge in [0.2, 0.25) is 0 Å². The van der Waals surface area contributed by atoms with E-state index in [0.29, 0.717) is 0 Å². The number of hydrogen-bond donors (Lipinski definition) is 1. The molecule has 0 spiro atoms. The minimum Gasteiger partial charge on any atom is -0.497 e. The zero-order valence-corrected chi connectivity index (χ0v) is 8.22. The molecule has 0 unspecified atom stereocenters. The van der Waals surface area contributed by atoms with Crippen LogP contribution < -0.4 is 10.1 Å². The summed E-state index contributed by atoms with van der Waals surface area (Å²) in [5.41, 5.74) is 0.724. The van der Waals surface area contributed by atoms with E-state index in [1.165, 1.54) is 6.07 Å². The SMILES string of the molecule is COc1ccc(F)c([C@H]2CCCN2)c1. The van der Waals surface area contributed by atoms with Gasteiger partial charge in [0, 0.05) is 11.6 Å². The lowest BCUT2D eigenvalue weighted by Gasteiger charge is -2.12. The first-order chi connectivity index (χ1) is 6.81. The number of hydrogen-bond acceptors (Lipinski definition) is 2. The van der Waals surface area contributed by atoms with Gasteiger partial charge in [0.05, 0.1) is 7.11 Å². The van der Waals surface area contributed by atoms with Crippen LogP contribution in [0, 0.1) is 5.82 Å². The van der Waals surface area contributed by atoms with Crippen LogP contribution in [0.1, 0.15) is 24.4 Å². The number of nitrogens with one attached hydrogen (secondary N) is 1. The average Bonchev–Trinajstić information content (AvgIpc) is 2.71. The van der Waals surface area contributed by atoms with Gasteiger partial charge >= 0.3 is 0 Å². The molecule has 0 amide bonds. The first-order valence-corrected chi connectivity index (χ1v) is 4.88. The van der Waals surface area contributed by atoms with Crippen LogP contribution in [-0.4, -0.2) is 13.7 Å². The maximum atomic E-state index is 13.5. The molecule has 14 heavy (non-hydrogen) atoms. The van der Waals surface area contributed by atoms with Gasteiger partial charge in [-0.25, -0.2) is 4.39 Å². The van der Waals surface area contributed by atoms with Gasteiger partial charge in [0.25, 0.3) is 0 Å². The largest absolute Gasteiger partial charge is 0.497 e. The summed E-state index contributed by atoms with van der Waals surface area (Å²) in [5.74, 6) is 0.570. The summed E-state index contributed by atoms with van der Waals surface area (Å²) < 4.78 is 18.5. The second-order valence-electron chi connectivity index (χ2n) is 3.54. The lowest BCUT2D eigenvalue weighted by molar-refractivity contribution is 0.411. The van der Waals surface area contributed by atoms with Crippen molar-refractivity contribution < 1.29 is 9.13 Å². The van der Waals surface area contributed by atoms with Crippen molar-refractivity contribution >= 4 is 0 Å². The summed E-state index contributed by atoms with van der Waals surface area (Å²) in [4.78, 5) is 0. The van der Waals surface area contributed by atoms with Crippen molar-refractivity contribution in [3.63, 3.8) is 0 Å². The van der Waals surface area contributed by atoms with Crippen molar-refractivity contribution in [3.05, 3.63) is 29.6 Å². The van der Waals surface area contributed by atoms with E-state index in [1.54, 1.807) is 19.2 Å². The third kappa shape index (κ3) is 1.73. The Balaban J connectivity index is 2.29. The molecular weight excluding hydrogens is 181 g/mol. The Morgan fingerprint density at radius 3 is 3.00 bits per heavy atom. The van der Waals surface area contributed by atoms with Crippen LogP contribution in [0.4, 0.5) is 4.39 Å². The monoisotopic (exact) mass is 195 g/mol. The lowest BCUT2D eigenvalue weighted by atomic mass is 10.0. The minimum absolute atomic E-state index is 0.148. The third-order valence-corrected chi connectivity index (χ3v) is 2.64. The normalized spacial score (nSPS) is 21.1. The molecule has 0 aliphatic carbocycles. The fourth-order valence-corrected chi connectivity index (χ4v) is 1.87. The van der Waals surface area contributed by atoms with E-state index in [2.05, 4.69) is 5.32 Å². The molecule has 1 atom stereocenters. The van der Waals surface area contributed by atoms with E-state index < -0.39 is 0 Å². The Morgan fingerprint density at radius 2 is 2.36 bits per heavy atom. The molecule has 2 rings (SSSR count). The van der Waals surface area contributed by atoms with Crippen LogP contribution in [0.5, 0.6) is 5.75 Å². The first kappa shape index (κ1) is 9.46. The Morgan fingerprint density at radius 1 is 1.50 bits per heavy atom. The van der Waals surface area contributed by atoms with Gasteiger partial charge in [-0.1, -0.05) is 0 Å². The van der Waals surface area contributed by atoms with E-state index in [1.807, 2.05) is 0 Å². The second kappa shape index (κ2) is 3.96. The van der Waals surface area contributed by atoms with Crippen molar-refractivity contribution in [2.24, 2.45) is 0 Å². The number of halogens is 1. The number of ether oxygens (including phenoxy) is 1. The van der Waals surface area contributed by atoms with E-state index in [4.69, 9.17) is 4.74 Å². The Kier molecular flexibility index (Phi) is 2.68. The molecule has 1 fully saturated rings. The molecule has 1 aliphatic rings. The van der Waals surface area contributed by atoms with Crippen LogP contribution in [0.2, 0.25) is 0 Å². The molecule has 3 heteroatoms. The fourth-order valence-electron chi connectivity index (χ4n) is 1.87. The van der Waals surface area contributed by atoms with Crippen molar-refractivity contribution in [3.8, 4) is 5.75 Å². The summed E-state index contributed by atoms with van der Waals surface area (Å²) >= 11 is 0. The highest BCUT2D eigenvalue weighted by molar-refractivity contribution is 5.32.